The van der Waals surface area contributed by atoms with Crippen molar-refractivity contribution in [2.45, 2.75) is 26.2 Å². The van der Waals surface area contributed by atoms with Gasteiger partial charge in [-0.2, -0.15) is 14.5 Å². The Morgan fingerprint density at radius 3 is 2.45 bits per heavy atom. The summed E-state index contributed by atoms with van der Waals surface area (Å²) in [6.45, 7) is 5.95. The van der Waals surface area contributed by atoms with Crippen LogP contribution in [-0.4, -0.2) is 35.6 Å². The summed E-state index contributed by atoms with van der Waals surface area (Å²) < 4.78 is 2.43. The molecule has 1 aromatic carbocycles. The van der Waals surface area contributed by atoms with Gasteiger partial charge in [-0.05, 0) is 0 Å². The summed E-state index contributed by atoms with van der Waals surface area (Å²) in [7, 11) is 0. The quantitative estimate of drug-likeness (QED) is 0.688. The predicted molar refractivity (Wildman–Crippen MR) is 80.4 cm³/mol. The molecule has 0 N–H and O–H groups in total. The largest absolute Gasteiger partial charge is 0.372 e. The molecule has 2 aromatic heterocycles. The van der Waals surface area contributed by atoms with Crippen molar-refractivity contribution in [3.05, 3.63) is 48.8 Å². The van der Waals surface area contributed by atoms with E-state index in [1.54, 1.807) is 0 Å². The van der Waals surface area contributed by atoms with Gasteiger partial charge < -0.3 is 0 Å². The zero-order chi connectivity index (χ0) is 15.7. The van der Waals surface area contributed by atoms with Gasteiger partial charge in [0, 0.05) is 11.0 Å². The second-order valence-corrected chi connectivity index (χ2v) is 5.91. The van der Waals surface area contributed by atoms with Crippen molar-refractivity contribution < 1.29 is 4.79 Å². The van der Waals surface area contributed by atoms with E-state index in [0.717, 1.165) is 10.2 Å². The summed E-state index contributed by atoms with van der Waals surface area (Å²) in [5.74, 6) is 1.09. The second-order valence-electron chi connectivity index (χ2n) is 5.91. The fraction of sp³-hybridized carbons (Fsp3) is 0.267. The molecule has 3 rings (SSSR count). The molecule has 0 radical (unpaired) electrons. The molecule has 0 aliphatic heterocycles. The highest BCUT2D eigenvalue weighted by molar-refractivity contribution is 5.78. The third-order valence-corrected chi connectivity index (χ3v) is 3.11. The van der Waals surface area contributed by atoms with Crippen LogP contribution in [0.15, 0.2) is 43.0 Å². The molecule has 0 bridgehead atoms. The third kappa shape index (κ3) is 2.52. The topological polar surface area (TPSA) is 78.5 Å². The van der Waals surface area contributed by atoms with Crippen molar-refractivity contribution >= 4 is 6.03 Å². The van der Waals surface area contributed by atoms with Gasteiger partial charge in [0.15, 0.2) is 5.82 Å². The van der Waals surface area contributed by atoms with Crippen molar-refractivity contribution in [3.63, 3.8) is 0 Å². The first kappa shape index (κ1) is 14.1. The van der Waals surface area contributed by atoms with Crippen LogP contribution in [-0.2, 0) is 5.41 Å². The lowest BCUT2D eigenvalue weighted by atomic mass is 9.96. The Hall–Kier alpha value is -2.83. The lowest BCUT2D eigenvalue weighted by Crippen LogP contribution is -2.28. The average Bonchev–Trinajstić information content (AvgIpc) is 3.16. The number of benzene rings is 1. The number of hydrogen-bond donors (Lipinski definition) is 0. The molecule has 0 atom stereocenters. The van der Waals surface area contributed by atoms with E-state index < -0.39 is 6.03 Å². The van der Waals surface area contributed by atoms with Crippen LogP contribution in [0.25, 0.3) is 11.4 Å². The second kappa shape index (κ2) is 5.18. The van der Waals surface area contributed by atoms with Crippen molar-refractivity contribution in [1.29, 1.82) is 0 Å². The molecule has 0 spiro atoms. The van der Waals surface area contributed by atoms with Crippen molar-refractivity contribution in [2.75, 3.05) is 0 Å². The molecule has 7 heteroatoms. The molecule has 22 heavy (non-hydrogen) atoms. The number of carbonyl (C=O) groups is 1. The smallest absolute Gasteiger partial charge is 0.243 e. The number of aromatic nitrogens is 6. The van der Waals surface area contributed by atoms with E-state index >= 15 is 0 Å². The Bertz CT molecular complexity index is 783. The fourth-order valence-electron chi connectivity index (χ4n) is 2.04. The van der Waals surface area contributed by atoms with E-state index in [-0.39, 0.29) is 5.41 Å². The van der Waals surface area contributed by atoms with E-state index in [1.165, 1.54) is 17.3 Å². The number of carbonyl (C=O) groups excluding carboxylic acids is 1. The molecule has 7 nitrogen and oxygen atoms in total. The number of rotatable bonds is 1. The molecule has 112 valence electrons. The molecule has 0 unspecified atom stereocenters. The molecule has 0 aliphatic carbocycles. The maximum atomic E-state index is 12.5. The highest BCUT2D eigenvalue weighted by atomic mass is 16.2. The first-order chi connectivity index (χ1) is 10.5. The van der Waals surface area contributed by atoms with Crippen molar-refractivity contribution in [3.8, 4) is 11.4 Å². The van der Waals surface area contributed by atoms with Crippen LogP contribution in [0.3, 0.4) is 0 Å². The van der Waals surface area contributed by atoms with E-state index in [0.29, 0.717) is 11.6 Å². The Morgan fingerprint density at radius 1 is 1.14 bits per heavy atom. The molecule has 0 aliphatic rings. The van der Waals surface area contributed by atoms with Crippen molar-refractivity contribution in [2.24, 2.45) is 0 Å². The lowest BCUT2D eigenvalue weighted by Gasteiger charge is -2.16. The molecular weight excluding hydrogens is 280 g/mol. The van der Waals surface area contributed by atoms with Crippen LogP contribution < -0.4 is 0 Å². The van der Waals surface area contributed by atoms with E-state index in [1.807, 2.05) is 51.1 Å². The van der Waals surface area contributed by atoms with Crippen LogP contribution in [0.5, 0.6) is 0 Å². The van der Waals surface area contributed by atoms with E-state index in [4.69, 9.17) is 0 Å². The average molecular weight is 296 g/mol. The highest BCUT2D eigenvalue weighted by Crippen LogP contribution is 2.24. The first-order valence-corrected chi connectivity index (χ1v) is 6.89. The van der Waals surface area contributed by atoms with Crippen LogP contribution in [0.2, 0.25) is 0 Å². The minimum absolute atomic E-state index is 0.337. The van der Waals surface area contributed by atoms with Gasteiger partial charge in [-0.1, -0.05) is 51.1 Å². The van der Waals surface area contributed by atoms with Gasteiger partial charge >= 0.3 is 6.03 Å². The van der Waals surface area contributed by atoms with Crippen LogP contribution in [0.1, 0.15) is 26.6 Å². The molecule has 0 fully saturated rings. The third-order valence-electron chi connectivity index (χ3n) is 3.11. The zero-order valence-corrected chi connectivity index (χ0v) is 12.6. The van der Waals surface area contributed by atoms with Gasteiger partial charge in [0.05, 0.1) is 0 Å². The van der Waals surface area contributed by atoms with Gasteiger partial charge in [0.25, 0.3) is 0 Å². The Labute approximate surface area is 127 Å². The fourth-order valence-corrected chi connectivity index (χ4v) is 2.04. The summed E-state index contributed by atoms with van der Waals surface area (Å²) >= 11 is 0. The number of nitrogens with zero attached hydrogens (tertiary/aromatic N) is 6. The van der Waals surface area contributed by atoms with Gasteiger partial charge in [0.2, 0.25) is 0 Å². The van der Waals surface area contributed by atoms with E-state index in [2.05, 4.69) is 20.2 Å². The minimum atomic E-state index is -0.405. The van der Waals surface area contributed by atoms with E-state index in [9.17, 15) is 4.79 Å². The summed E-state index contributed by atoms with van der Waals surface area (Å²) in [6, 6.07) is 9.15. The molecule has 0 saturated heterocycles. The van der Waals surface area contributed by atoms with Gasteiger partial charge in [0.1, 0.15) is 18.5 Å². The van der Waals surface area contributed by atoms with Gasteiger partial charge in [-0.25, -0.2) is 14.8 Å². The summed E-state index contributed by atoms with van der Waals surface area (Å²) in [6.07, 6.45) is 2.66. The van der Waals surface area contributed by atoms with Crippen LogP contribution in [0.4, 0.5) is 4.79 Å². The maximum Gasteiger partial charge on any atom is 0.372 e. The SMILES string of the molecule is CC(C)(C)c1nc(-c2ccccc2)nn1C(=O)n1cncn1. The standard InChI is InChI=1S/C15H16N6O/c1-15(2,3)13-18-12(11-7-5-4-6-8-11)19-21(13)14(22)20-10-16-9-17-20/h4-10H,1-3H3. The molecule has 3 aromatic rings. The monoisotopic (exact) mass is 296 g/mol. The normalized spacial score (nSPS) is 11.6. The lowest BCUT2D eigenvalue weighted by molar-refractivity contribution is 0.236. The Balaban J connectivity index is 2.12. The molecular formula is C15H16N6O. The van der Waals surface area contributed by atoms with Crippen LogP contribution >= 0.6 is 0 Å². The van der Waals surface area contributed by atoms with Gasteiger partial charge in [-0.15, -0.1) is 5.10 Å². The van der Waals surface area contributed by atoms with Crippen molar-refractivity contribution in [1.82, 2.24) is 29.5 Å². The zero-order valence-electron chi connectivity index (χ0n) is 12.6. The Kier molecular flexibility index (Phi) is 3.32. The number of hydrogen-bond acceptors (Lipinski definition) is 5. The van der Waals surface area contributed by atoms with Gasteiger partial charge in [-0.3, -0.25) is 0 Å². The van der Waals surface area contributed by atoms with Crippen LogP contribution in [0, 0.1) is 0 Å². The first-order valence-electron chi connectivity index (χ1n) is 6.89. The Morgan fingerprint density at radius 2 is 1.86 bits per heavy atom. The summed E-state index contributed by atoms with van der Waals surface area (Å²) in [5, 5.41) is 8.24. The summed E-state index contributed by atoms with van der Waals surface area (Å²) in [5.41, 5.74) is 0.522. The minimum Gasteiger partial charge on any atom is -0.243 e. The predicted octanol–water partition coefficient (Wildman–Crippen LogP) is 2.35. The summed E-state index contributed by atoms with van der Waals surface area (Å²) in [4.78, 5) is 20.9. The highest BCUT2D eigenvalue weighted by Gasteiger charge is 2.27. The maximum absolute atomic E-state index is 12.5. The molecule has 0 amide bonds. The molecule has 2 heterocycles. The molecule has 0 saturated carbocycles.